The van der Waals surface area contributed by atoms with E-state index in [0.29, 0.717) is 17.0 Å². The van der Waals surface area contributed by atoms with E-state index in [2.05, 4.69) is 10.6 Å². The molecule has 3 rings (SSSR count). The van der Waals surface area contributed by atoms with E-state index in [0.717, 1.165) is 11.6 Å². The zero-order valence-corrected chi connectivity index (χ0v) is 18.3. The van der Waals surface area contributed by atoms with E-state index in [9.17, 15) is 19.7 Å². The van der Waals surface area contributed by atoms with Crippen LogP contribution < -0.4 is 15.4 Å². The lowest BCUT2D eigenvalue weighted by molar-refractivity contribution is -0.384. The van der Waals surface area contributed by atoms with E-state index in [1.54, 1.807) is 42.5 Å². The Morgan fingerprint density at radius 1 is 1.00 bits per heavy atom. The summed E-state index contributed by atoms with van der Waals surface area (Å²) in [7, 11) is 3.02. The predicted molar refractivity (Wildman–Crippen MR) is 124 cm³/mol. The Bertz CT molecular complexity index is 1180. The Hall–Kier alpha value is -4.40. The molecule has 170 valence electrons. The minimum absolute atomic E-state index is 0.0532. The van der Waals surface area contributed by atoms with Gasteiger partial charge in [0, 0.05) is 18.7 Å². The molecular formula is C24H23N3O6. The summed E-state index contributed by atoms with van der Waals surface area (Å²) < 4.78 is 10.8. The number of rotatable bonds is 8. The van der Waals surface area contributed by atoms with Gasteiger partial charge in [0.05, 0.1) is 23.3 Å². The molecule has 33 heavy (non-hydrogen) atoms. The smallest absolute Gasteiger partial charge is 0.339 e. The average Bonchev–Trinajstić information content (AvgIpc) is 2.82. The number of hydrogen-bond donors (Lipinski definition) is 2. The summed E-state index contributed by atoms with van der Waals surface area (Å²) in [6.45, 7) is 1.87. The van der Waals surface area contributed by atoms with Gasteiger partial charge in [0.1, 0.15) is 11.4 Å². The van der Waals surface area contributed by atoms with Gasteiger partial charge in [-0.15, -0.1) is 0 Å². The van der Waals surface area contributed by atoms with Crippen LogP contribution in [-0.2, 0) is 9.53 Å². The SMILES string of the molecule is CNc1ccc(C(=O)OC(C(=O)Nc2cc(C)ccc2OC)c2ccccc2)cc1[N+](=O)[O-]. The molecule has 3 aromatic rings. The molecule has 0 aliphatic carbocycles. The van der Waals surface area contributed by atoms with Crippen molar-refractivity contribution in [3.63, 3.8) is 0 Å². The number of hydrogen-bond acceptors (Lipinski definition) is 7. The second kappa shape index (κ2) is 10.3. The fourth-order valence-electron chi connectivity index (χ4n) is 3.21. The standard InChI is InChI=1S/C24H23N3O6/c1-15-9-12-21(32-3)19(13-15)26-23(28)22(16-7-5-4-6-8-16)33-24(29)17-10-11-18(25-2)20(14-17)27(30)31/h4-14,22,25H,1-3H3,(H,26,28). The highest BCUT2D eigenvalue weighted by molar-refractivity contribution is 5.99. The van der Waals surface area contributed by atoms with Gasteiger partial charge in [-0.1, -0.05) is 36.4 Å². The first-order valence-electron chi connectivity index (χ1n) is 10.0. The molecule has 3 aromatic carbocycles. The fraction of sp³-hybridized carbons (Fsp3) is 0.167. The third kappa shape index (κ3) is 5.45. The average molecular weight is 449 g/mol. The predicted octanol–water partition coefficient (Wildman–Crippen LogP) is 4.49. The summed E-state index contributed by atoms with van der Waals surface area (Å²) in [6, 6.07) is 17.7. The summed E-state index contributed by atoms with van der Waals surface area (Å²) in [4.78, 5) is 36.8. The molecule has 1 atom stereocenters. The highest BCUT2D eigenvalue weighted by Crippen LogP contribution is 2.29. The fourth-order valence-corrected chi connectivity index (χ4v) is 3.21. The number of nitro groups is 1. The molecule has 0 aromatic heterocycles. The highest BCUT2D eigenvalue weighted by atomic mass is 16.6. The van der Waals surface area contributed by atoms with Crippen molar-refractivity contribution in [2.75, 3.05) is 24.8 Å². The van der Waals surface area contributed by atoms with Gasteiger partial charge < -0.3 is 20.1 Å². The molecule has 0 spiro atoms. The lowest BCUT2D eigenvalue weighted by Crippen LogP contribution is -2.26. The summed E-state index contributed by atoms with van der Waals surface area (Å²) >= 11 is 0. The number of amides is 1. The van der Waals surface area contributed by atoms with Crippen molar-refractivity contribution < 1.29 is 24.0 Å². The van der Waals surface area contributed by atoms with Crippen LogP contribution in [-0.4, -0.2) is 31.0 Å². The zero-order valence-electron chi connectivity index (χ0n) is 18.3. The van der Waals surface area contributed by atoms with Crippen molar-refractivity contribution in [1.29, 1.82) is 0 Å². The lowest BCUT2D eigenvalue weighted by Gasteiger charge is -2.19. The molecule has 0 bridgehead atoms. The van der Waals surface area contributed by atoms with E-state index in [1.807, 2.05) is 13.0 Å². The third-order valence-electron chi connectivity index (χ3n) is 4.88. The monoisotopic (exact) mass is 449 g/mol. The number of nitrogens with one attached hydrogen (secondary N) is 2. The number of carbonyl (C=O) groups excluding carboxylic acids is 2. The topological polar surface area (TPSA) is 120 Å². The van der Waals surface area contributed by atoms with Crippen LogP contribution in [0.5, 0.6) is 5.75 Å². The largest absolute Gasteiger partial charge is 0.495 e. The molecule has 0 aliphatic rings. The molecular weight excluding hydrogens is 426 g/mol. The first-order valence-corrected chi connectivity index (χ1v) is 10.0. The molecule has 2 N–H and O–H groups in total. The maximum absolute atomic E-state index is 13.2. The van der Waals surface area contributed by atoms with Crippen LogP contribution >= 0.6 is 0 Å². The van der Waals surface area contributed by atoms with Crippen molar-refractivity contribution in [3.05, 3.63) is 93.5 Å². The molecule has 0 saturated heterocycles. The van der Waals surface area contributed by atoms with E-state index in [1.165, 1.54) is 26.3 Å². The molecule has 1 unspecified atom stereocenters. The van der Waals surface area contributed by atoms with Crippen molar-refractivity contribution in [3.8, 4) is 5.75 Å². The van der Waals surface area contributed by atoms with Crippen molar-refractivity contribution in [1.82, 2.24) is 0 Å². The summed E-state index contributed by atoms with van der Waals surface area (Å²) in [6.07, 6.45) is -1.30. The molecule has 9 nitrogen and oxygen atoms in total. The van der Waals surface area contributed by atoms with Crippen LogP contribution in [0.2, 0.25) is 0 Å². The number of ether oxygens (including phenoxy) is 2. The third-order valence-corrected chi connectivity index (χ3v) is 4.88. The number of aryl methyl sites for hydroxylation is 1. The maximum Gasteiger partial charge on any atom is 0.339 e. The first-order chi connectivity index (χ1) is 15.8. The Balaban J connectivity index is 1.92. The van der Waals surface area contributed by atoms with Gasteiger partial charge in [0.2, 0.25) is 6.10 Å². The van der Waals surface area contributed by atoms with Crippen molar-refractivity contribution in [2.45, 2.75) is 13.0 Å². The van der Waals surface area contributed by atoms with E-state index < -0.39 is 22.9 Å². The van der Waals surface area contributed by atoms with Gasteiger partial charge >= 0.3 is 5.97 Å². The number of methoxy groups -OCH3 is 1. The van der Waals surface area contributed by atoms with Gasteiger partial charge in [-0.05, 0) is 36.8 Å². The Morgan fingerprint density at radius 3 is 2.36 bits per heavy atom. The molecule has 9 heteroatoms. The Kier molecular flexibility index (Phi) is 7.24. The molecule has 0 aliphatic heterocycles. The molecule has 1 amide bonds. The van der Waals surface area contributed by atoms with E-state index in [-0.39, 0.29) is 16.9 Å². The van der Waals surface area contributed by atoms with Crippen LogP contribution in [0.25, 0.3) is 0 Å². The Morgan fingerprint density at radius 2 is 1.73 bits per heavy atom. The number of nitrogens with zero attached hydrogens (tertiary/aromatic N) is 1. The van der Waals surface area contributed by atoms with Crippen molar-refractivity contribution >= 4 is 28.9 Å². The van der Waals surface area contributed by atoms with Crippen molar-refractivity contribution in [2.24, 2.45) is 0 Å². The normalized spacial score (nSPS) is 11.2. The Labute approximate surface area is 190 Å². The van der Waals surface area contributed by atoms with Crippen LogP contribution in [0, 0.1) is 17.0 Å². The summed E-state index contributed by atoms with van der Waals surface area (Å²) in [5.41, 5.74) is 1.68. The minimum Gasteiger partial charge on any atom is -0.495 e. The van der Waals surface area contributed by atoms with Gasteiger partial charge in [-0.3, -0.25) is 14.9 Å². The van der Waals surface area contributed by atoms with Gasteiger partial charge in [-0.25, -0.2) is 4.79 Å². The quantitative estimate of drug-likeness (QED) is 0.295. The summed E-state index contributed by atoms with van der Waals surface area (Å²) in [5.74, 6) is -1.02. The molecule has 0 radical (unpaired) electrons. The molecule has 0 saturated carbocycles. The van der Waals surface area contributed by atoms with Gasteiger partial charge in [-0.2, -0.15) is 0 Å². The number of carbonyl (C=O) groups is 2. The minimum atomic E-state index is -1.30. The van der Waals surface area contributed by atoms with Crippen LogP contribution in [0.3, 0.4) is 0 Å². The number of esters is 1. The van der Waals surface area contributed by atoms with E-state index >= 15 is 0 Å². The molecule has 0 heterocycles. The second-order valence-corrected chi connectivity index (χ2v) is 7.13. The van der Waals surface area contributed by atoms with Gasteiger partial charge in [0.25, 0.3) is 11.6 Å². The number of anilines is 2. The van der Waals surface area contributed by atoms with Gasteiger partial charge in [0.15, 0.2) is 0 Å². The summed E-state index contributed by atoms with van der Waals surface area (Å²) in [5, 5.41) is 16.8. The lowest BCUT2D eigenvalue weighted by atomic mass is 10.1. The number of nitro benzene ring substituents is 1. The molecule has 0 fully saturated rings. The maximum atomic E-state index is 13.2. The first kappa shape index (κ1) is 23.3. The van der Waals surface area contributed by atoms with Crippen LogP contribution in [0.1, 0.15) is 27.6 Å². The van der Waals surface area contributed by atoms with Crippen LogP contribution in [0.4, 0.5) is 17.1 Å². The second-order valence-electron chi connectivity index (χ2n) is 7.13. The van der Waals surface area contributed by atoms with E-state index in [4.69, 9.17) is 9.47 Å². The van der Waals surface area contributed by atoms with Crippen LogP contribution in [0.15, 0.2) is 66.7 Å². The number of benzene rings is 3. The zero-order chi connectivity index (χ0) is 24.0. The highest BCUT2D eigenvalue weighted by Gasteiger charge is 2.27.